The third-order valence-corrected chi connectivity index (χ3v) is 3.19. The Balaban J connectivity index is 2.04. The maximum absolute atomic E-state index is 9.67. The van der Waals surface area contributed by atoms with Gasteiger partial charge in [0.2, 0.25) is 0 Å². The second-order valence-corrected chi connectivity index (χ2v) is 5.27. The first-order valence-electron chi connectivity index (χ1n) is 5.88. The zero-order valence-corrected chi connectivity index (χ0v) is 9.71. The van der Waals surface area contributed by atoms with Gasteiger partial charge >= 0.3 is 0 Å². The van der Waals surface area contributed by atoms with Crippen LogP contribution in [-0.4, -0.2) is 10.7 Å². The minimum absolute atomic E-state index is 0.543. The van der Waals surface area contributed by atoms with Gasteiger partial charge in [0.1, 0.15) is 0 Å². The number of benzene rings is 1. The van der Waals surface area contributed by atoms with Gasteiger partial charge in [-0.1, -0.05) is 18.2 Å². The lowest BCUT2D eigenvalue weighted by atomic mass is 9.97. The van der Waals surface area contributed by atoms with Crippen molar-refractivity contribution in [2.24, 2.45) is 0 Å². The third-order valence-electron chi connectivity index (χ3n) is 3.19. The summed E-state index contributed by atoms with van der Waals surface area (Å²) in [5.74, 6) is 0. The first-order chi connectivity index (χ1) is 7.04. The highest BCUT2D eigenvalue weighted by atomic mass is 16.3. The molecule has 1 heteroatoms. The molecule has 1 nitrogen and oxygen atoms in total. The van der Waals surface area contributed by atoms with Crippen molar-refractivity contribution in [1.82, 2.24) is 0 Å². The lowest BCUT2D eigenvalue weighted by molar-refractivity contribution is 0.0714. The highest BCUT2D eigenvalue weighted by Gasteiger charge is 2.14. The fourth-order valence-corrected chi connectivity index (χ4v) is 2.23. The molecule has 0 amide bonds. The van der Waals surface area contributed by atoms with Crippen LogP contribution in [0.1, 0.15) is 43.4 Å². The van der Waals surface area contributed by atoms with Gasteiger partial charge in [0, 0.05) is 0 Å². The summed E-state index contributed by atoms with van der Waals surface area (Å²) >= 11 is 0. The lowest BCUT2D eigenvalue weighted by Gasteiger charge is -2.16. The summed E-state index contributed by atoms with van der Waals surface area (Å²) in [4.78, 5) is 0. The molecule has 0 aliphatic heterocycles. The standard InChI is InChI=1S/C14H20O/c1-14(2,15)9-8-11-6-7-12-4-3-5-13(12)10-11/h6-7,10,15H,3-5,8-9H2,1-2H3. The maximum Gasteiger partial charge on any atom is 0.0594 e. The van der Waals surface area contributed by atoms with E-state index in [0.29, 0.717) is 0 Å². The second kappa shape index (κ2) is 3.97. The van der Waals surface area contributed by atoms with Crippen LogP contribution < -0.4 is 0 Å². The molecule has 0 saturated heterocycles. The number of rotatable bonds is 3. The van der Waals surface area contributed by atoms with Crippen LogP contribution in [0.3, 0.4) is 0 Å². The highest BCUT2D eigenvalue weighted by Crippen LogP contribution is 2.24. The molecule has 1 aromatic rings. The second-order valence-electron chi connectivity index (χ2n) is 5.27. The molecule has 0 radical (unpaired) electrons. The van der Waals surface area contributed by atoms with Crippen molar-refractivity contribution >= 4 is 0 Å². The summed E-state index contributed by atoms with van der Waals surface area (Å²) in [5.41, 5.74) is 3.89. The van der Waals surface area contributed by atoms with Crippen LogP contribution in [0.25, 0.3) is 0 Å². The zero-order chi connectivity index (χ0) is 10.9. The van der Waals surface area contributed by atoms with E-state index in [1.165, 1.54) is 36.0 Å². The smallest absolute Gasteiger partial charge is 0.0594 e. The molecular weight excluding hydrogens is 184 g/mol. The van der Waals surface area contributed by atoms with Gasteiger partial charge in [-0.05, 0) is 62.6 Å². The van der Waals surface area contributed by atoms with Crippen LogP contribution in [0.4, 0.5) is 0 Å². The average molecular weight is 204 g/mol. The van der Waals surface area contributed by atoms with Crippen molar-refractivity contribution in [2.75, 3.05) is 0 Å². The molecule has 82 valence electrons. The minimum Gasteiger partial charge on any atom is -0.390 e. The van der Waals surface area contributed by atoms with Crippen molar-refractivity contribution in [3.05, 3.63) is 34.9 Å². The summed E-state index contributed by atoms with van der Waals surface area (Å²) < 4.78 is 0. The Hall–Kier alpha value is -0.820. The topological polar surface area (TPSA) is 20.2 Å². The van der Waals surface area contributed by atoms with Crippen LogP contribution in [0.5, 0.6) is 0 Å². The highest BCUT2D eigenvalue weighted by molar-refractivity contribution is 5.35. The van der Waals surface area contributed by atoms with E-state index in [1.807, 2.05) is 13.8 Å². The van der Waals surface area contributed by atoms with Gasteiger partial charge in [-0.15, -0.1) is 0 Å². The number of hydrogen-bond acceptors (Lipinski definition) is 1. The van der Waals surface area contributed by atoms with Gasteiger partial charge in [-0.25, -0.2) is 0 Å². The van der Waals surface area contributed by atoms with E-state index in [9.17, 15) is 5.11 Å². The van der Waals surface area contributed by atoms with Crippen LogP contribution in [-0.2, 0) is 19.3 Å². The molecule has 0 spiro atoms. The van der Waals surface area contributed by atoms with E-state index in [-0.39, 0.29) is 0 Å². The van der Waals surface area contributed by atoms with Crippen LogP contribution in [0, 0.1) is 0 Å². The van der Waals surface area contributed by atoms with Crippen LogP contribution in [0.2, 0.25) is 0 Å². The van der Waals surface area contributed by atoms with Gasteiger partial charge < -0.3 is 5.11 Å². The summed E-state index contributed by atoms with van der Waals surface area (Å²) in [5, 5.41) is 9.67. The largest absolute Gasteiger partial charge is 0.390 e. The Morgan fingerprint density at radius 3 is 2.67 bits per heavy atom. The number of hydrogen-bond donors (Lipinski definition) is 1. The van der Waals surface area contributed by atoms with Crippen molar-refractivity contribution in [3.63, 3.8) is 0 Å². The molecule has 1 N–H and O–H groups in total. The van der Waals surface area contributed by atoms with E-state index in [4.69, 9.17) is 0 Å². The Kier molecular flexibility index (Phi) is 2.83. The predicted molar refractivity (Wildman–Crippen MR) is 63.1 cm³/mol. The van der Waals surface area contributed by atoms with Crippen molar-refractivity contribution in [3.8, 4) is 0 Å². The Morgan fingerprint density at radius 2 is 1.93 bits per heavy atom. The molecule has 1 aliphatic rings. The van der Waals surface area contributed by atoms with Crippen molar-refractivity contribution in [2.45, 2.75) is 51.6 Å². The summed E-state index contributed by atoms with van der Waals surface area (Å²) in [6.07, 6.45) is 5.62. The Bertz CT molecular complexity index is 347. The molecule has 0 unspecified atom stereocenters. The lowest BCUT2D eigenvalue weighted by Crippen LogP contribution is -2.19. The molecule has 0 bridgehead atoms. The fraction of sp³-hybridized carbons (Fsp3) is 0.571. The van der Waals surface area contributed by atoms with E-state index < -0.39 is 5.60 Å². The molecular formula is C14H20O. The molecule has 0 heterocycles. The quantitative estimate of drug-likeness (QED) is 0.802. The maximum atomic E-state index is 9.67. The normalized spacial score (nSPS) is 15.4. The SMILES string of the molecule is CC(C)(O)CCc1ccc2c(c1)CCC2. The van der Waals surface area contributed by atoms with Crippen molar-refractivity contribution < 1.29 is 5.11 Å². The number of aryl methyl sites for hydroxylation is 3. The molecule has 0 aromatic heterocycles. The van der Waals surface area contributed by atoms with Gasteiger partial charge in [-0.2, -0.15) is 0 Å². The summed E-state index contributed by atoms with van der Waals surface area (Å²) in [6.45, 7) is 3.75. The van der Waals surface area contributed by atoms with Crippen LogP contribution in [0.15, 0.2) is 18.2 Å². The number of aliphatic hydroxyl groups is 1. The van der Waals surface area contributed by atoms with Gasteiger partial charge in [0.25, 0.3) is 0 Å². The summed E-state index contributed by atoms with van der Waals surface area (Å²) in [7, 11) is 0. The van der Waals surface area contributed by atoms with Crippen molar-refractivity contribution in [1.29, 1.82) is 0 Å². The van der Waals surface area contributed by atoms with Gasteiger partial charge in [0.05, 0.1) is 5.60 Å². The fourth-order valence-electron chi connectivity index (χ4n) is 2.23. The Labute approximate surface area is 92.1 Å². The van der Waals surface area contributed by atoms with Gasteiger partial charge in [0.15, 0.2) is 0 Å². The third kappa shape index (κ3) is 2.82. The number of fused-ring (bicyclic) bond motifs is 1. The molecule has 1 aromatic carbocycles. The average Bonchev–Trinajstić information content (AvgIpc) is 2.60. The molecule has 2 rings (SSSR count). The van der Waals surface area contributed by atoms with E-state index in [2.05, 4.69) is 18.2 Å². The first-order valence-corrected chi connectivity index (χ1v) is 5.88. The molecule has 1 aliphatic carbocycles. The molecule has 0 saturated carbocycles. The Morgan fingerprint density at radius 1 is 1.20 bits per heavy atom. The van der Waals surface area contributed by atoms with E-state index in [0.717, 1.165) is 12.8 Å². The van der Waals surface area contributed by atoms with E-state index >= 15 is 0 Å². The predicted octanol–water partition coefficient (Wildman–Crippen LogP) is 2.88. The van der Waals surface area contributed by atoms with E-state index in [1.54, 1.807) is 0 Å². The first kappa shape index (κ1) is 10.7. The van der Waals surface area contributed by atoms with Crippen LogP contribution >= 0.6 is 0 Å². The molecule has 0 fully saturated rings. The summed E-state index contributed by atoms with van der Waals surface area (Å²) in [6, 6.07) is 6.81. The monoisotopic (exact) mass is 204 g/mol. The zero-order valence-electron chi connectivity index (χ0n) is 9.71. The molecule has 0 atom stereocenters. The van der Waals surface area contributed by atoms with Gasteiger partial charge in [-0.3, -0.25) is 0 Å². The molecule has 15 heavy (non-hydrogen) atoms. The minimum atomic E-state index is -0.543.